The van der Waals surface area contributed by atoms with E-state index in [1.165, 1.54) is 18.2 Å². The van der Waals surface area contributed by atoms with E-state index in [0.717, 1.165) is 11.0 Å². The predicted molar refractivity (Wildman–Crippen MR) is 57.7 cm³/mol. The standard InChI is InChI=1S/C11H7ClFNO2/c1-6-4-10(15)14(11(6)16)7-2-3-9(13)8(12)5-7/h2-5H,1H3. The number of anilines is 1. The Bertz CT molecular complexity index is 525. The van der Waals surface area contributed by atoms with Crippen molar-refractivity contribution in [3.63, 3.8) is 0 Å². The number of hydrogen-bond donors (Lipinski definition) is 0. The zero-order valence-corrected chi connectivity index (χ0v) is 9.08. The van der Waals surface area contributed by atoms with Crippen LogP contribution >= 0.6 is 11.6 Å². The lowest BCUT2D eigenvalue weighted by Gasteiger charge is -2.14. The molecule has 16 heavy (non-hydrogen) atoms. The minimum Gasteiger partial charge on any atom is -0.269 e. The number of imide groups is 1. The Morgan fingerprint density at radius 3 is 2.50 bits per heavy atom. The lowest BCUT2D eigenvalue weighted by molar-refractivity contribution is -0.120. The molecule has 0 aliphatic carbocycles. The molecule has 0 saturated carbocycles. The predicted octanol–water partition coefficient (Wildman–Crippen LogP) is 2.30. The van der Waals surface area contributed by atoms with E-state index in [-0.39, 0.29) is 10.7 Å². The quantitative estimate of drug-likeness (QED) is 0.705. The smallest absolute Gasteiger partial charge is 0.261 e. The highest BCUT2D eigenvalue weighted by molar-refractivity contribution is 6.33. The van der Waals surface area contributed by atoms with Gasteiger partial charge in [-0.15, -0.1) is 0 Å². The molecule has 1 heterocycles. The van der Waals surface area contributed by atoms with E-state index in [1.54, 1.807) is 6.92 Å². The molecule has 1 aliphatic heterocycles. The summed E-state index contributed by atoms with van der Waals surface area (Å²) in [5, 5.41) is -0.123. The number of carbonyl (C=O) groups excluding carboxylic acids is 2. The van der Waals surface area contributed by atoms with Crippen molar-refractivity contribution < 1.29 is 14.0 Å². The summed E-state index contributed by atoms with van der Waals surface area (Å²) < 4.78 is 12.9. The molecule has 3 nitrogen and oxygen atoms in total. The molecule has 1 aromatic rings. The lowest BCUT2D eigenvalue weighted by atomic mass is 10.2. The van der Waals surface area contributed by atoms with E-state index >= 15 is 0 Å². The van der Waals surface area contributed by atoms with Gasteiger partial charge in [0.15, 0.2) is 0 Å². The third-order valence-electron chi connectivity index (χ3n) is 2.26. The van der Waals surface area contributed by atoms with Crippen molar-refractivity contribution in [3.05, 3.63) is 40.7 Å². The van der Waals surface area contributed by atoms with Gasteiger partial charge in [0.1, 0.15) is 5.82 Å². The summed E-state index contributed by atoms with van der Waals surface area (Å²) in [5.74, 6) is -1.44. The van der Waals surface area contributed by atoms with E-state index in [2.05, 4.69) is 0 Å². The first-order valence-corrected chi connectivity index (χ1v) is 4.90. The molecule has 2 amide bonds. The van der Waals surface area contributed by atoms with Gasteiger partial charge in [-0.25, -0.2) is 9.29 Å². The largest absolute Gasteiger partial charge is 0.269 e. The van der Waals surface area contributed by atoms with Crippen molar-refractivity contribution >= 4 is 29.1 Å². The molecule has 1 aliphatic rings. The van der Waals surface area contributed by atoms with E-state index in [4.69, 9.17) is 11.6 Å². The molecule has 0 aromatic heterocycles. The van der Waals surface area contributed by atoms with Crippen molar-refractivity contribution in [1.82, 2.24) is 0 Å². The topological polar surface area (TPSA) is 37.4 Å². The Morgan fingerprint density at radius 2 is 2.00 bits per heavy atom. The van der Waals surface area contributed by atoms with Gasteiger partial charge in [-0.3, -0.25) is 9.59 Å². The molecule has 0 fully saturated rings. The van der Waals surface area contributed by atoms with Gasteiger partial charge >= 0.3 is 0 Å². The van der Waals surface area contributed by atoms with E-state index in [1.807, 2.05) is 0 Å². The highest BCUT2D eigenvalue weighted by Crippen LogP contribution is 2.26. The summed E-state index contributed by atoms with van der Waals surface area (Å²) in [6.45, 7) is 1.55. The maximum Gasteiger partial charge on any atom is 0.261 e. The van der Waals surface area contributed by atoms with Gasteiger partial charge in [0.05, 0.1) is 10.7 Å². The van der Waals surface area contributed by atoms with Gasteiger partial charge in [0.25, 0.3) is 11.8 Å². The van der Waals surface area contributed by atoms with E-state index in [9.17, 15) is 14.0 Å². The highest BCUT2D eigenvalue weighted by atomic mass is 35.5. The van der Waals surface area contributed by atoms with Crippen LogP contribution in [0.4, 0.5) is 10.1 Å². The van der Waals surface area contributed by atoms with Crippen LogP contribution in [0.3, 0.4) is 0 Å². The summed E-state index contributed by atoms with van der Waals surface area (Å²) in [6, 6.07) is 3.70. The number of amides is 2. The second-order valence-electron chi connectivity index (χ2n) is 3.40. The Kier molecular flexibility index (Phi) is 2.52. The van der Waals surface area contributed by atoms with Gasteiger partial charge < -0.3 is 0 Å². The van der Waals surface area contributed by atoms with Crippen LogP contribution in [0, 0.1) is 5.82 Å². The van der Waals surface area contributed by atoms with Gasteiger partial charge in [-0.1, -0.05) is 11.6 Å². The van der Waals surface area contributed by atoms with Crippen molar-refractivity contribution in [2.45, 2.75) is 6.92 Å². The molecule has 0 spiro atoms. The van der Waals surface area contributed by atoms with Crippen molar-refractivity contribution in [2.24, 2.45) is 0 Å². The Morgan fingerprint density at radius 1 is 1.31 bits per heavy atom. The molecule has 2 rings (SSSR count). The molecular weight excluding hydrogens is 233 g/mol. The molecule has 0 radical (unpaired) electrons. The molecule has 0 saturated heterocycles. The number of halogens is 2. The van der Waals surface area contributed by atoms with Crippen LogP contribution in [0.15, 0.2) is 29.8 Å². The first-order valence-electron chi connectivity index (χ1n) is 4.52. The maximum atomic E-state index is 12.9. The molecule has 0 atom stereocenters. The van der Waals surface area contributed by atoms with E-state index in [0.29, 0.717) is 5.57 Å². The number of hydrogen-bond acceptors (Lipinski definition) is 2. The van der Waals surface area contributed by atoms with Crippen LogP contribution in [-0.2, 0) is 9.59 Å². The Hall–Kier alpha value is -1.68. The average Bonchev–Trinajstić information content (AvgIpc) is 2.47. The summed E-state index contributed by atoms with van der Waals surface area (Å²) in [6.07, 6.45) is 1.24. The van der Waals surface area contributed by atoms with Gasteiger partial charge in [0, 0.05) is 11.6 Å². The molecule has 82 valence electrons. The van der Waals surface area contributed by atoms with Crippen molar-refractivity contribution in [1.29, 1.82) is 0 Å². The van der Waals surface area contributed by atoms with Crippen LogP contribution in [0.2, 0.25) is 5.02 Å². The van der Waals surface area contributed by atoms with Crippen LogP contribution in [0.5, 0.6) is 0 Å². The summed E-state index contributed by atoms with van der Waals surface area (Å²) in [7, 11) is 0. The van der Waals surface area contributed by atoms with Crippen LogP contribution < -0.4 is 4.90 Å². The van der Waals surface area contributed by atoms with Gasteiger partial charge in [0.2, 0.25) is 0 Å². The third-order valence-corrected chi connectivity index (χ3v) is 2.55. The van der Waals surface area contributed by atoms with Crippen molar-refractivity contribution in [2.75, 3.05) is 4.90 Å². The second-order valence-corrected chi connectivity index (χ2v) is 3.81. The Balaban J connectivity index is 2.43. The maximum absolute atomic E-state index is 12.9. The lowest BCUT2D eigenvalue weighted by Crippen LogP contribution is -2.30. The molecule has 0 bridgehead atoms. The summed E-state index contributed by atoms with van der Waals surface area (Å²) >= 11 is 5.58. The fourth-order valence-corrected chi connectivity index (χ4v) is 1.63. The van der Waals surface area contributed by atoms with Crippen LogP contribution in [-0.4, -0.2) is 11.8 Å². The number of carbonyl (C=O) groups is 2. The SMILES string of the molecule is CC1=CC(=O)N(c2ccc(F)c(Cl)c2)C1=O. The molecule has 1 aromatic carbocycles. The molecular formula is C11H7ClFNO2. The summed E-state index contributed by atoms with van der Waals surface area (Å²) in [4.78, 5) is 24.1. The van der Waals surface area contributed by atoms with E-state index < -0.39 is 17.6 Å². The summed E-state index contributed by atoms with van der Waals surface area (Å²) in [5.41, 5.74) is 0.625. The Labute approximate surface area is 96.1 Å². The zero-order chi connectivity index (χ0) is 11.9. The van der Waals surface area contributed by atoms with Crippen molar-refractivity contribution in [3.8, 4) is 0 Å². The minimum absolute atomic E-state index is 0.123. The molecule has 0 N–H and O–H groups in total. The first-order chi connectivity index (χ1) is 7.50. The minimum atomic E-state index is -0.589. The fourth-order valence-electron chi connectivity index (χ4n) is 1.46. The van der Waals surface area contributed by atoms with Crippen LogP contribution in [0.25, 0.3) is 0 Å². The van der Waals surface area contributed by atoms with Gasteiger partial charge in [-0.05, 0) is 25.1 Å². The zero-order valence-electron chi connectivity index (χ0n) is 8.33. The van der Waals surface area contributed by atoms with Gasteiger partial charge in [-0.2, -0.15) is 0 Å². The third kappa shape index (κ3) is 1.61. The molecule has 5 heteroatoms. The normalized spacial score (nSPS) is 15.7. The average molecular weight is 240 g/mol. The van der Waals surface area contributed by atoms with Crippen LogP contribution in [0.1, 0.15) is 6.92 Å². The number of rotatable bonds is 1. The number of nitrogens with zero attached hydrogens (tertiary/aromatic N) is 1. The molecule has 0 unspecified atom stereocenters. The first kappa shape index (κ1) is 10.8. The number of benzene rings is 1. The fraction of sp³-hybridized carbons (Fsp3) is 0.0909. The highest BCUT2D eigenvalue weighted by Gasteiger charge is 2.29. The monoisotopic (exact) mass is 239 g/mol. The second kappa shape index (κ2) is 3.72.